The first kappa shape index (κ1) is 22.4. The second-order valence-corrected chi connectivity index (χ2v) is 6.93. The fraction of sp³-hybridized carbons (Fsp3) is 0.526. The van der Waals surface area contributed by atoms with Crippen LogP contribution in [0, 0.1) is 0 Å². The minimum absolute atomic E-state index is 0.125. The van der Waals surface area contributed by atoms with Crippen molar-refractivity contribution in [1.82, 2.24) is 10.6 Å². The van der Waals surface area contributed by atoms with E-state index < -0.39 is 11.7 Å². The summed E-state index contributed by atoms with van der Waals surface area (Å²) in [5, 5.41) is 8.48. The van der Waals surface area contributed by atoms with Crippen LogP contribution in [0.1, 0.15) is 39.2 Å². The summed E-state index contributed by atoms with van der Waals surface area (Å²) in [6.07, 6.45) is 0.0969. The lowest BCUT2D eigenvalue weighted by Crippen LogP contribution is -2.32. The summed E-state index contributed by atoms with van der Waals surface area (Å²) in [6, 6.07) is 7.19. The van der Waals surface area contributed by atoms with Crippen molar-refractivity contribution in [1.29, 1.82) is 0 Å². The highest BCUT2D eigenvalue weighted by Crippen LogP contribution is 2.11. The van der Waals surface area contributed by atoms with Gasteiger partial charge in [-0.05, 0) is 38.5 Å². The molecule has 0 aliphatic rings. The molecule has 0 aliphatic carbocycles. The molecule has 0 spiro atoms. The number of anilines is 1. The Morgan fingerprint density at radius 3 is 2.22 bits per heavy atom. The fourth-order valence-corrected chi connectivity index (χ4v) is 2.04. The number of ether oxygens (including phenoxy) is 2. The van der Waals surface area contributed by atoms with E-state index in [1.807, 2.05) is 12.1 Å². The van der Waals surface area contributed by atoms with Gasteiger partial charge in [0.1, 0.15) is 5.60 Å². The van der Waals surface area contributed by atoms with E-state index in [9.17, 15) is 14.4 Å². The summed E-state index contributed by atoms with van der Waals surface area (Å²) in [5.41, 5.74) is 1.03. The standard InChI is InChI=1S/C19H29N3O5/c1-19(2,3)27-18(25)21-13-14-5-7-15(8-6-14)22-16(23)9-11-20-12-10-17(24)26-4/h5-8,20H,9-13H2,1-4H3,(H,21,25)(H,22,23). The van der Waals surface area contributed by atoms with Crippen LogP contribution in [0.25, 0.3) is 0 Å². The van der Waals surface area contributed by atoms with Gasteiger partial charge in [0, 0.05) is 31.7 Å². The second-order valence-electron chi connectivity index (χ2n) is 6.93. The van der Waals surface area contributed by atoms with E-state index in [0.717, 1.165) is 5.56 Å². The van der Waals surface area contributed by atoms with Crippen LogP contribution >= 0.6 is 0 Å². The lowest BCUT2D eigenvalue weighted by molar-refractivity contribution is -0.140. The first-order valence-electron chi connectivity index (χ1n) is 8.83. The quantitative estimate of drug-likeness (QED) is 0.449. The minimum Gasteiger partial charge on any atom is -0.469 e. The maximum Gasteiger partial charge on any atom is 0.407 e. The third kappa shape index (κ3) is 10.9. The van der Waals surface area contributed by atoms with Crippen LogP contribution in [0.2, 0.25) is 0 Å². The van der Waals surface area contributed by atoms with Gasteiger partial charge in [-0.25, -0.2) is 4.79 Å². The number of alkyl carbamates (subject to hydrolysis) is 1. The zero-order chi connectivity index (χ0) is 20.3. The molecular formula is C19H29N3O5. The lowest BCUT2D eigenvalue weighted by Gasteiger charge is -2.19. The van der Waals surface area contributed by atoms with E-state index in [2.05, 4.69) is 20.7 Å². The average molecular weight is 379 g/mol. The highest BCUT2D eigenvalue weighted by Gasteiger charge is 2.15. The Morgan fingerprint density at radius 1 is 1.00 bits per heavy atom. The molecule has 150 valence electrons. The van der Waals surface area contributed by atoms with Gasteiger partial charge >= 0.3 is 12.1 Å². The Morgan fingerprint density at radius 2 is 1.63 bits per heavy atom. The Balaban J connectivity index is 2.28. The summed E-state index contributed by atoms with van der Waals surface area (Å²) in [7, 11) is 1.34. The molecule has 1 aromatic rings. The average Bonchev–Trinajstić information content (AvgIpc) is 2.59. The molecule has 0 atom stereocenters. The highest BCUT2D eigenvalue weighted by atomic mass is 16.6. The van der Waals surface area contributed by atoms with Gasteiger partial charge in [-0.15, -0.1) is 0 Å². The van der Waals surface area contributed by atoms with Crippen molar-refractivity contribution >= 4 is 23.7 Å². The van der Waals surface area contributed by atoms with Crippen molar-refractivity contribution in [2.75, 3.05) is 25.5 Å². The Kier molecular flexibility index (Phi) is 9.29. The number of amides is 2. The molecule has 0 heterocycles. The topological polar surface area (TPSA) is 106 Å². The maximum atomic E-state index is 11.9. The largest absolute Gasteiger partial charge is 0.469 e. The number of methoxy groups -OCH3 is 1. The predicted molar refractivity (Wildman–Crippen MR) is 102 cm³/mol. The molecule has 0 fully saturated rings. The van der Waals surface area contributed by atoms with E-state index in [1.54, 1.807) is 32.9 Å². The summed E-state index contributed by atoms with van der Waals surface area (Å²) in [5.74, 6) is -0.409. The van der Waals surface area contributed by atoms with Gasteiger partial charge in [-0.3, -0.25) is 9.59 Å². The molecule has 0 bridgehead atoms. The zero-order valence-corrected chi connectivity index (χ0v) is 16.4. The predicted octanol–water partition coefficient (Wildman–Crippen LogP) is 2.19. The lowest BCUT2D eigenvalue weighted by atomic mass is 10.2. The number of esters is 1. The third-order valence-electron chi connectivity index (χ3n) is 3.34. The molecule has 3 N–H and O–H groups in total. The van der Waals surface area contributed by atoms with Crippen LogP contribution in [-0.2, 0) is 25.6 Å². The van der Waals surface area contributed by atoms with Crippen LogP contribution in [-0.4, -0.2) is 43.8 Å². The van der Waals surface area contributed by atoms with Crippen LogP contribution in [0.4, 0.5) is 10.5 Å². The molecule has 0 unspecified atom stereocenters. The number of hydrogen-bond donors (Lipinski definition) is 3. The van der Waals surface area contributed by atoms with Crippen molar-refractivity contribution in [2.24, 2.45) is 0 Å². The highest BCUT2D eigenvalue weighted by molar-refractivity contribution is 5.90. The van der Waals surface area contributed by atoms with Crippen LogP contribution in [0.3, 0.4) is 0 Å². The van der Waals surface area contributed by atoms with Crippen LogP contribution < -0.4 is 16.0 Å². The smallest absolute Gasteiger partial charge is 0.407 e. The molecule has 1 rings (SSSR count). The third-order valence-corrected chi connectivity index (χ3v) is 3.34. The molecule has 0 saturated carbocycles. The van der Waals surface area contributed by atoms with Gasteiger partial charge in [0.25, 0.3) is 0 Å². The fourth-order valence-electron chi connectivity index (χ4n) is 2.04. The van der Waals surface area contributed by atoms with Gasteiger partial charge in [0.2, 0.25) is 5.91 Å². The van der Waals surface area contributed by atoms with E-state index in [0.29, 0.717) is 31.7 Å². The van der Waals surface area contributed by atoms with Gasteiger partial charge in [0.15, 0.2) is 0 Å². The van der Waals surface area contributed by atoms with Crippen molar-refractivity contribution in [3.8, 4) is 0 Å². The van der Waals surface area contributed by atoms with E-state index in [1.165, 1.54) is 7.11 Å². The summed E-state index contributed by atoms with van der Waals surface area (Å²) in [6.45, 7) is 6.70. The molecule has 8 heteroatoms. The van der Waals surface area contributed by atoms with Gasteiger partial charge in [-0.1, -0.05) is 12.1 Å². The minimum atomic E-state index is -0.535. The number of carbonyl (C=O) groups is 3. The Bertz CT molecular complexity index is 623. The van der Waals surface area contributed by atoms with Gasteiger partial charge < -0.3 is 25.4 Å². The van der Waals surface area contributed by atoms with Crippen molar-refractivity contribution < 1.29 is 23.9 Å². The normalized spacial score (nSPS) is 10.8. The number of hydrogen-bond acceptors (Lipinski definition) is 6. The molecule has 0 aliphatic heterocycles. The number of carbonyl (C=O) groups excluding carboxylic acids is 3. The molecule has 0 aromatic heterocycles. The monoisotopic (exact) mass is 379 g/mol. The molecule has 27 heavy (non-hydrogen) atoms. The summed E-state index contributed by atoms with van der Waals surface area (Å²) in [4.78, 5) is 34.5. The molecule has 0 saturated heterocycles. The second kappa shape index (κ2) is 11.2. The Labute approximate surface area is 160 Å². The van der Waals surface area contributed by atoms with E-state index >= 15 is 0 Å². The summed E-state index contributed by atoms with van der Waals surface area (Å²) < 4.78 is 9.70. The van der Waals surface area contributed by atoms with Crippen molar-refractivity contribution in [2.45, 2.75) is 45.8 Å². The SMILES string of the molecule is COC(=O)CCNCCC(=O)Nc1ccc(CNC(=O)OC(C)(C)C)cc1. The van der Waals surface area contributed by atoms with E-state index in [-0.39, 0.29) is 18.3 Å². The maximum absolute atomic E-state index is 11.9. The van der Waals surface area contributed by atoms with Crippen LogP contribution in [0.5, 0.6) is 0 Å². The number of nitrogens with one attached hydrogen (secondary N) is 3. The zero-order valence-electron chi connectivity index (χ0n) is 16.4. The van der Waals surface area contributed by atoms with Crippen molar-refractivity contribution in [3.05, 3.63) is 29.8 Å². The first-order chi connectivity index (χ1) is 12.7. The molecule has 0 radical (unpaired) electrons. The summed E-state index contributed by atoms with van der Waals surface area (Å²) >= 11 is 0. The Hall–Kier alpha value is -2.61. The van der Waals surface area contributed by atoms with E-state index in [4.69, 9.17) is 4.74 Å². The molecular weight excluding hydrogens is 350 g/mol. The van der Waals surface area contributed by atoms with Gasteiger partial charge in [-0.2, -0.15) is 0 Å². The van der Waals surface area contributed by atoms with Gasteiger partial charge in [0.05, 0.1) is 13.5 Å². The molecule has 8 nitrogen and oxygen atoms in total. The number of benzene rings is 1. The van der Waals surface area contributed by atoms with Crippen LogP contribution in [0.15, 0.2) is 24.3 Å². The van der Waals surface area contributed by atoms with Crippen molar-refractivity contribution in [3.63, 3.8) is 0 Å². The first-order valence-corrected chi connectivity index (χ1v) is 8.83. The molecule has 2 amide bonds. The number of rotatable bonds is 9. The molecule has 1 aromatic carbocycles.